The Kier molecular flexibility index (Phi) is 6.09. The Labute approximate surface area is 144 Å². The van der Waals surface area contributed by atoms with Crippen LogP contribution in [0.5, 0.6) is 0 Å². The number of hydrogen-bond donors (Lipinski definition) is 1. The summed E-state index contributed by atoms with van der Waals surface area (Å²) in [4.78, 5) is 35.3. The van der Waals surface area contributed by atoms with Crippen LogP contribution in [0.25, 0.3) is 0 Å². The first-order valence-corrected chi connectivity index (χ1v) is 7.74. The highest BCUT2D eigenvalue weighted by Gasteiger charge is 2.14. The topological polar surface area (TPSA) is 72.5 Å². The Morgan fingerprint density at radius 1 is 1.04 bits per heavy atom. The highest BCUT2D eigenvalue weighted by atomic mass is 35.5. The lowest BCUT2D eigenvalue weighted by atomic mass is 10.1. The molecule has 2 aromatic rings. The average Bonchev–Trinajstić information content (AvgIpc) is 2.60. The van der Waals surface area contributed by atoms with E-state index in [4.69, 9.17) is 16.3 Å². The van der Waals surface area contributed by atoms with Crippen LogP contribution in [0.15, 0.2) is 48.5 Å². The van der Waals surface area contributed by atoms with Crippen molar-refractivity contribution in [1.29, 1.82) is 0 Å². The van der Waals surface area contributed by atoms with Gasteiger partial charge in [-0.25, -0.2) is 4.79 Å². The SMILES string of the molecule is CCC(=O)Nc1ccc(C(=O)COC(=O)c2ccccc2Cl)cc1. The van der Waals surface area contributed by atoms with Gasteiger partial charge in [-0.1, -0.05) is 30.7 Å². The smallest absolute Gasteiger partial charge is 0.340 e. The van der Waals surface area contributed by atoms with E-state index in [1.54, 1.807) is 49.4 Å². The number of carbonyl (C=O) groups is 3. The van der Waals surface area contributed by atoms with Crippen molar-refractivity contribution < 1.29 is 19.1 Å². The quantitative estimate of drug-likeness (QED) is 0.639. The van der Waals surface area contributed by atoms with E-state index in [0.29, 0.717) is 17.7 Å². The van der Waals surface area contributed by atoms with Crippen molar-refractivity contribution >= 4 is 34.9 Å². The number of carbonyl (C=O) groups excluding carboxylic acids is 3. The molecule has 0 bridgehead atoms. The zero-order valence-corrected chi connectivity index (χ0v) is 13.8. The molecule has 0 heterocycles. The fourth-order valence-corrected chi connectivity index (χ4v) is 2.12. The molecular formula is C18H16ClNO4. The summed E-state index contributed by atoms with van der Waals surface area (Å²) >= 11 is 5.90. The lowest BCUT2D eigenvalue weighted by Crippen LogP contribution is -2.15. The number of amides is 1. The van der Waals surface area contributed by atoms with Crippen LogP contribution in [0.4, 0.5) is 5.69 Å². The number of esters is 1. The minimum Gasteiger partial charge on any atom is -0.454 e. The van der Waals surface area contributed by atoms with Gasteiger partial charge in [-0.05, 0) is 36.4 Å². The molecule has 1 N–H and O–H groups in total. The van der Waals surface area contributed by atoms with E-state index < -0.39 is 5.97 Å². The second-order valence-corrected chi connectivity index (χ2v) is 5.37. The van der Waals surface area contributed by atoms with Crippen LogP contribution in [-0.2, 0) is 9.53 Å². The number of hydrogen-bond acceptors (Lipinski definition) is 4. The maximum Gasteiger partial charge on any atom is 0.340 e. The van der Waals surface area contributed by atoms with Crippen LogP contribution in [-0.4, -0.2) is 24.3 Å². The molecule has 124 valence electrons. The number of halogens is 1. The summed E-state index contributed by atoms with van der Waals surface area (Å²) in [6, 6.07) is 12.8. The van der Waals surface area contributed by atoms with Gasteiger partial charge in [0.05, 0.1) is 10.6 Å². The molecule has 0 radical (unpaired) electrons. The zero-order chi connectivity index (χ0) is 17.5. The molecule has 5 nitrogen and oxygen atoms in total. The maximum absolute atomic E-state index is 12.1. The van der Waals surface area contributed by atoms with Crippen LogP contribution < -0.4 is 5.32 Å². The van der Waals surface area contributed by atoms with E-state index in [-0.39, 0.29) is 28.9 Å². The van der Waals surface area contributed by atoms with Crippen molar-refractivity contribution in [2.45, 2.75) is 13.3 Å². The van der Waals surface area contributed by atoms with Gasteiger partial charge in [-0.2, -0.15) is 0 Å². The van der Waals surface area contributed by atoms with Crippen molar-refractivity contribution in [3.63, 3.8) is 0 Å². The molecule has 0 saturated heterocycles. The minimum absolute atomic E-state index is 0.109. The standard InChI is InChI=1S/C18H16ClNO4/c1-2-17(22)20-13-9-7-12(8-10-13)16(21)11-24-18(23)14-5-3-4-6-15(14)19/h3-10H,2,11H2,1H3,(H,20,22). The second kappa shape index (κ2) is 8.26. The third-order valence-electron chi connectivity index (χ3n) is 3.24. The fraction of sp³-hybridized carbons (Fsp3) is 0.167. The number of Topliss-reactive ketones (excluding diaryl/α,β-unsaturated/α-hetero) is 1. The molecule has 0 aliphatic rings. The van der Waals surface area contributed by atoms with Crippen molar-refractivity contribution in [3.8, 4) is 0 Å². The average molecular weight is 346 g/mol. The Balaban J connectivity index is 1.94. The molecule has 0 saturated carbocycles. The van der Waals surface area contributed by atoms with Crippen LogP contribution in [0.2, 0.25) is 5.02 Å². The molecule has 24 heavy (non-hydrogen) atoms. The lowest BCUT2D eigenvalue weighted by molar-refractivity contribution is -0.115. The first-order valence-electron chi connectivity index (χ1n) is 7.36. The normalized spacial score (nSPS) is 10.1. The minimum atomic E-state index is -0.652. The molecule has 0 spiro atoms. The number of ketones is 1. The molecule has 2 rings (SSSR count). The first kappa shape index (κ1) is 17.7. The second-order valence-electron chi connectivity index (χ2n) is 4.96. The summed E-state index contributed by atoms with van der Waals surface area (Å²) in [5.74, 6) is -1.10. The van der Waals surface area contributed by atoms with Crippen molar-refractivity contribution in [2.75, 3.05) is 11.9 Å². The van der Waals surface area contributed by atoms with Gasteiger partial charge in [0.1, 0.15) is 0 Å². The third-order valence-corrected chi connectivity index (χ3v) is 3.57. The van der Waals surface area contributed by atoms with Gasteiger partial charge in [0.15, 0.2) is 12.4 Å². The van der Waals surface area contributed by atoms with Gasteiger partial charge in [0.2, 0.25) is 5.91 Å². The molecule has 6 heteroatoms. The summed E-state index contributed by atoms with van der Waals surface area (Å²) in [7, 11) is 0. The summed E-state index contributed by atoms with van der Waals surface area (Å²) in [6.45, 7) is 1.37. The number of rotatable bonds is 6. The van der Waals surface area contributed by atoms with Crippen molar-refractivity contribution in [3.05, 3.63) is 64.7 Å². The van der Waals surface area contributed by atoms with Crippen LogP contribution in [0.1, 0.15) is 34.1 Å². The predicted molar refractivity (Wildman–Crippen MR) is 91.4 cm³/mol. The first-order chi connectivity index (χ1) is 11.5. The van der Waals surface area contributed by atoms with E-state index in [1.807, 2.05) is 0 Å². The summed E-state index contributed by atoms with van der Waals surface area (Å²) in [5.41, 5.74) is 1.20. The van der Waals surface area contributed by atoms with Gasteiger partial charge in [-0.15, -0.1) is 0 Å². The highest BCUT2D eigenvalue weighted by Crippen LogP contribution is 2.16. The number of anilines is 1. The summed E-state index contributed by atoms with van der Waals surface area (Å²) in [5, 5.41) is 2.95. The van der Waals surface area contributed by atoms with E-state index in [0.717, 1.165) is 0 Å². The van der Waals surface area contributed by atoms with E-state index in [2.05, 4.69) is 5.32 Å². The Hall–Kier alpha value is -2.66. The molecule has 0 atom stereocenters. The predicted octanol–water partition coefficient (Wildman–Crippen LogP) is 3.73. The fourth-order valence-electron chi connectivity index (χ4n) is 1.91. The molecule has 1 amide bonds. The Bertz CT molecular complexity index is 756. The summed E-state index contributed by atoms with van der Waals surface area (Å²) < 4.78 is 4.99. The van der Waals surface area contributed by atoms with Gasteiger partial charge >= 0.3 is 5.97 Å². The van der Waals surface area contributed by atoms with E-state index in [9.17, 15) is 14.4 Å². The molecule has 0 aliphatic heterocycles. The molecule has 0 aromatic heterocycles. The largest absolute Gasteiger partial charge is 0.454 e. The molecular weight excluding hydrogens is 330 g/mol. The number of benzene rings is 2. The molecule has 0 aliphatic carbocycles. The Morgan fingerprint density at radius 2 is 1.71 bits per heavy atom. The van der Waals surface area contributed by atoms with Gasteiger partial charge in [0.25, 0.3) is 0 Å². The summed E-state index contributed by atoms with van der Waals surface area (Å²) in [6.07, 6.45) is 0.374. The van der Waals surface area contributed by atoms with Gasteiger partial charge in [0, 0.05) is 17.7 Å². The third kappa shape index (κ3) is 4.67. The number of ether oxygens (including phenoxy) is 1. The monoisotopic (exact) mass is 345 g/mol. The number of nitrogens with one attached hydrogen (secondary N) is 1. The van der Waals surface area contributed by atoms with Crippen molar-refractivity contribution in [2.24, 2.45) is 0 Å². The molecule has 0 unspecified atom stereocenters. The van der Waals surface area contributed by atoms with Crippen LogP contribution >= 0.6 is 11.6 Å². The Morgan fingerprint density at radius 3 is 2.33 bits per heavy atom. The molecule has 0 fully saturated rings. The zero-order valence-electron chi connectivity index (χ0n) is 13.0. The van der Waals surface area contributed by atoms with E-state index in [1.165, 1.54) is 6.07 Å². The van der Waals surface area contributed by atoms with Crippen molar-refractivity contribution in [1.82, 2.24) is 0 Å². The van der Waals surface area contributed by atoms with E-state index >= 15 is 0 Å². The van der Waals surface area contributed by atoms with Crippen LogP contribution in [0.3, 0.4) is 0 Å². The highest BCUT2D eigenvalue weighted by molar-refractivity contribution is 6.33. The lowest BCUT2D eigenvalue weighted by Gasteiger charge is -2.07. The molecule has 2 aromatic carbocycles. The van der Waals surface area contributed by atoms with Crippen LogP contribution in [0, 0.1) is 0 Å². The maximum atomic E-state index is 12.1. The van der Waals surface area contributed by atoms with Gasteiger partial charge in [-0.3, -0.25) is 9.59 Å². The van der Waals surface area contributed by atoms with Gasteiger partial charge < -0.3 is 10.1 Å².